The van der Waals surface area contributed by atoms with Gasteiger partial charge in [0.25, 0.3) is 11.8 Å². The Labute approximate surface area is 228 Å². The number of imide groups is 2. The molecule has 1 aliphatic rings. The number of barbiturate groups is 1. The van der Waals surface area contributed by atoms with E-state index in [4.69, 9.17) is 18.9 Å². The summed E-state index contributed by atoms with van der Waals surface area (Å²) in [6, 6.07) is 18.1. The van der Waals surface area contributed by atoms with Crippen LogP contribution in [0.2, 0.25) is 0 Å². The minimum atomic E-state index is -0.810. The maximum Gasteiger partial charge on any atom is 0.335 e. The van der Waals surface area contributed by atoms with Crippen LogP contribution < -0.4 is 29.2 Å². The third-order valence-electron chi connectivity index (χ3n) is 5.43. The molecule has 0 spiro atoms. The van der Waals surface area contributed by atoms with Crippen molar-refractivity contribution in [3.63, 3.8) is 0 Å². The summed E-state index contributed by atoms with van der Waals surface area (Å²) in [5, 5.41) is 2.22. The van der Waals surface area contributed by atoms with Gasteiger partial charge in [0.1, 0.15) is 30.3 Å². The van der Waals surface area contributed by atoms with Gasteiger partial charge in [-0.1, -0.05) is 22.0 Å². The van der Waals surface area contributed by atoms with Crippen molar-refractivity contribution in [2.45, 2.75) is 6.92 Å². The number of ether oxygens (including phenoxy) is 4. The van der Waals surface area contributed by atoms with Crippen molar-refractivity contribution in [3.8, 4) is 23.0 Å². The Hall–Kier alpha value is -4.31. The van der Waals surface area contributed by atoms with Crippen molar-refractivity contribution in [1.29, 1.82) is 0 Å². The molecule has 3 aromatic rings. The molecule has 1 saturated heterocycles. The minimum Gasteiger partial charge on any atom is -0.497 e. The number of hydrogen-bond donors (Lipinski definition) is 1. The van der Waals surface area contributed by atoms with E-state index in [0.717, 1.165) is 15.1 Å². The van der Waals surface area contributed by atoms with E-state index >= 15 is 0 Å². The molecule has 1 fully saturated rings. The number of nitrogens with one attached hydrogen (secondary N) is 1. The first kappa shape index (κ1) is 26.7. The third-order valence-corrected chi connectivity index (χ3v) is 5.96. The second kappa shape index (κ2) is 12.3. The second-order valence-electron chi connectivity index (χ2n) is 7.95. The van der Waals surface area contributed by atoms with Crippen molar-refractivity contribution in [2.75, 3.05) is 31.8 Å². The van der Waals surface area contributed by atoms with Crippen LogP contribution in [0.4, 0.5) is 10.5 Å². The number of urea groups is 1. The molecule has 1 heterocycles. The van der Waals surface area contributed by atoms with Gasteiger partial charge in [0.05, 0.1) is 19.4 Å². The number of nitrogens with zero attached hydrogens (tertiary/aromatic N) is 1. The molecule has 9 nitrogen and oxygen atoms in total. The lowest BCUT2D eigenvalue weighted by Gasteiger charge is -2.26. The van der Waals surface area contributed by atoms with E-state index in [1.54, 1.807) is 61.7 Å². The van der Waals surface area contributed by atoms with Crippen LogP contribution in [0, 0.1) is 0 Å². The molecule has 0 saturated carbocycles. The molecule has 196 valence electrons. The van der Waals surface area contributed by atoms with Gasteiger partial charge in [0.2, 0.25) is 0 Å². The molecule has 1 N–H and O–H groups in total. The highest BCUT2D eigenvalue weighted by Gasteiger charge is 2.36. The lowest BCUT2D eigenvalue weighted by atomic mass is 10.1. The van der Waals surface area contributed by atoms with E-state index in [0.29, 0.717) is 41.7 Å². The molecule has 0 bridgehead atoms. The standard InChI is InChI=1S/C28H25BrN2O7/c1-3-36-25-17-18(4-13-24(25)38-15-14-37-22-11-9-21(35-2)10-12-22)16-23-26(32)30-28(34)31(27(23)33)20-7-5-19(29)6-8-20/h4-13,16-17H,3,14-15H2,1-2H3,(H,30,32,34)/b23-16+. The molecule has 38 heavy (non-hydrogen) atoms. The van der Waals surface area contributed by atoms with E-state index in [1.165, 1.54) is 6.08 Å². The largest absolute Gasteiger partial charge is 0.497 e. The van der Waals surface area contributed by atoms with Crippen LogP contribution in [0.15, 0.2) is 76.8 Å². The molecule has 4 rings (SSSR count). The Morgan fingerprint density at radius 2 is 1.53 bits per heavy atom. The normalized spacial score (nSPS) is 14.3. The van der Waals surface area contributed by atoms with E-state index < -0.39 is 17.8 Å². The second-order valence-corrected chi connectivity index (χ2v) is 8.86. The summed E-state index contributed by atoms with van der Waals surface area (Å²) >= 11 is 3.32. The zero-order valence-corrected chi connectivity index (χ0v) is 22.3. The Morgan fingerprint density at radius 1 is 0.842 bits per heavy atom. The molecule has 4 amide bonds. The van der Waals surface area contributed by atoms with Gasteiger partial charge in [-0.25, -0.2) is 9.69 Å². The number of carbonyl (C=O) groups excluding carboxylic acids is 3. The summed E-state index contributed by atoms with van der Waals surface area (Å²) in [4.78, 5) is 39.0. The number of carbonyl (C=O) groups is 3. The summed E-state index contributed by atoms with van der Waals surface area (Å²) in [7, 11) is 1.60. The van der Waals surface area contributed by atoms with E-state index in [2.05, 4.69) is 21.2 Å². The average Bonchev–Trinajstić information content (AvgIpc) is 2.91. The maximum absolute atomic E-state index is 13.1. The quantitative estimate of drug-likeness (QED) is 0.205. The Kier molecular flexibility index (Phi) is 8.65. The SMILES string of the molecule is CCOc1cc(/C=C2\C(=O)NC(=O)N(c3ccc(Br)cc3)C2=O)ccc1OCCOc1ccc(OC)cc1. The molecule has 3 aromatic carbocycles. The Balaban J connectivity index is 1.48. The number of hydrogen-bond acceptors (Lipinski definition) is 7. The molecular formula is C28H25BrN2O7. The van der Waals surface area contributed by atoms with Crippen LogP contribution in [-0.2, 0) is 9.59 Å². The lowest BCUT2D eigenvalue weighted by Crippen LogP contribution is -2.54. The summed E-state index contributed by atoms with van der Waals surface area (Å²) in [6.07, 6.45) is 1.41. The molecule has 10 heteroatoms. The molecule has 1 aliphatic heterocycles. The van der Waals surface area contributed by atoms with Crippen molar-refractivity contribution in [2.24, 2.45) is 0 Å². The molecule has 0 aliphatic carbocycles. The van der Waals surface area contributed by atoms with E-state index in [9.17, 15) is 14.4 Å². The summed E-state index contributed by atoms with van der Waals surface area (Å²) < 4.78 is 23.2. The van der Waals surface area contributed by atoms with Crippen molar-refractivity contribution >= 4 is 45.5 Å². The van der Waals surface area contributed by atoms with Gasteiger partial charge in [0, 0.05) is 4.47 Å². The molecular weight excluding hydrogens is 556 g/mol. The van der Waals surface area contributed by atoms with E-state index in [1.807, 2.05) is 19.1 Å². The predicted octanol–water partition coefficient (Wildman–Crippen LogP) is 4.98. The smallest absolute Gasteiger partial charge is 0.335 e. The van der Waals surface area contributed by atoms with Crippen LogP contribution in [0.25, 0.3) is 6.08 Å². The lowest BCUT2D eigenvalue weighted by molar-refractivity contribution is -0.122. The summed E-state index contributed by atoms with van der Waals surface area (Å²) in [6.45, 7) is 2.78. The van der Waals surface area contributed by atoms with Crippen LogP contribution in [0.3, 0.4) is 0 Å². The minimum absolute atomic E-state index is 0.184. The fourth-order valence-electron chi connectivity index (χ4n) is 3.63. The number of halogens is 1. The van der Waals surface area contributed by atoms with Crippen LogP contribution in [0.1, 0.15) is 12.5 Å². The topological polar surface area (TPSA) is 103 Å². The first-order valence-corrected chi connectivity index (χ1v) is 12.5. The van der Waals surface area contributed by atoms with Gasteiger partial charge in [-0.2, -0.15) is 0 Å². The summed E-state index contributed by atoms with van der Waals surface area (Å²) in [5.41, 5.74) is 0.681. The van der Waals surface area contributed by atoms with Crippen LogP contribution >= 0.6 is 15.9 Å². The third kappa shape index (κ3) is 6.33. The van der Waals surface area contributed by atoms with Gasteiger partial charge < -0.3 is 18.9 Å². The molecule has 0 radical (unpaired) electrons. The van der Waals surface area contributed by atoms with Gasteiger partial charge in [-0.3, -0.25) is 14.9 Å². The highest BCUT2D eigenvalue weighted by molar-refractivity contribution is 9.10. The van der Waals surface area contributed by atoms with E-state index in [-0.39, 0.29) is 12.2 Å². The highest BCUT2D eigenvalue weighted by Crippen LogP contribution is 2.30. The fraction of sp³-hybridized carbons (Fsp3) is 0.179. The highest BCUT2D eigenvalue weighted by atomic mass is 79.9. The van der Waals surface area contributed by atoms with Crippen molar-refractivity contribution in [1.82, 2.24) is 5.32 Å². The van der Waals surface area contributed by atoms with Gasteiger partial charge in [0.15, 0.2) is 11.5 Å². The van der Waals surface area contributed by atoms with Gasteiger partial charge in [-0.15, -0.1) is 0 Å². The predicted molar refractivity (Wildman–Crippen MR) is 145 cm³/mol. The number of benzene rings is 3. The molecule has 0 unspecified atom stereocenters. The van der Waals surface area contributed by atoms with Crippen molar-refractivity contribution < 1.29 is 33.3 Å². The zero-order chi connectivity index (χ0) is 27.1. The zero-order valence-electron chi connectivity index (χ0n) is 20.7. The first-order valence-electron chi connectivity index (χ1n) is 11.7. The number of methoxy groups -OCH3 is 1. The van der Waals surface area contributed by atoms with Crippen molar-refractivity contribution in [3.05, 3.63) is 82.3 Å². The first-order chi connectivity index (χ1) is 18.4. The van der Waals surface area contributed by atoms with Gasteiger partial charge >= 0.3 is 6.03 Å². The number of rotatable bonds is 10. The monoisotopic (exact) mass is 580 g/mol. The van der Waals surface area contributed by atoms with Crippen LogP contribution in [-0.4, -0.2) is 44.8 Å². The van der Waals surface area contributed by atoms with Crippen LogP contribution in [0.5, 0.6) is 23.0 Å². The Bertz CT molecular complexity index is 1350. The number of anilines is 1. The molecule has 0 atom stereocenters. The molecule has 0 aromatic heterocycles. The summed E-state index contributed by atoms with van der Waals surface area (Å²) in [5.74, 6) is 0.851. The Morgan fingerprint density at radius 3 is 2.21 bits per heavy atom. The fourth-order valence-corrected chi connectivity index (χ4v) is 3.90. The number of amides is 4. The van der Waals surface area contributed by atoms with Gasteiger partial charge in [-0.05, 0) is 79.2 Å². The maximum atomic E-state index is 13.1. The average molecular weight is 581 g/mol.